The predicted octanol–water partition coefficient (Wildman–Crippen LogP) is 2.82. The summed E-state index contributed by atoms with van der Waals surface area (Å²) in [5.74, 6) is 1.49. The quantitative estimate of drug-likeness (QED) is 0.573. The van der Waals surface area contributed by atoms with Crippen molar-refractivity contribution in [1.82, 2.24) is 15.5 Å². The lowest BCUT2D eigenvalue weighted by Crippen LogP contribution is -2.44. The molecule has 3 rings (SSSR count). The minimum atomic E-state index is 0.277. The van der Waals surface area contributed by atoms with Crippen LogP contribution in [0.25, 0.3) is 0 Å². The lowest BCUT2D eigenvalue weighted by Gasteiger charge is -2.25. The van der Waals surface area contributed by atoms with E-state index in [0.29, 0.717) is 17.8 Å². The zero-order valence-corrected chi connectivity index (χ0v) is 16.8. The maximum atomic E-state index is 12.3. The number of nitrogens with one attached hydrogen (secondary N) is 2. The highest BCUT2D eigenvalue weighted by Gasteiger charge is 2.30. The van der Waals surface area contributed by atoms with E-state index in [9.17, 15) is 4.79 Å². The van der Waals surface area contributed by atoms with Crippen LogP contribution in [-0.4, -0.2) is 50.0 Å². The molecule has 1 saturated carbocycles. The van der Waals surface area contributed by atoms with Crippen molar-refractivity contribution in [2.75, 3.05) is 33.2 Å². The number of hydrogen-bond acceptors (Lipinski definition) is 2. The monoisotopic (exact) mass is 370 g/mol. The van der Waals surface area contributed by atoms with Gasteiger partial charge in [-0.2, -0.15) is 0 Å². The molecular formula is C22H34N4O. The van der Waals surface area contributed by atoms with Gasteiger partial charge in [0.2, 0.25) is 5.91 Å². The first kappa shape index (κ1) is 19.7. The number of likely N-dealkylation sites (tertiary alicyclic amines) is 1. The van der Waals surface area contributed by atoms with Crippen LogP contribution in [0.5, 0.6) is 0 Å². The number of benzene rings is 1. The van der Waals surface area contributed by atoms with E-state index in [0.717, 1.165) is 38.6 Å². The Kier molecular flexibility index (Phi) is 6.75. The van der Waals surface area contributed by atoms with Gasteiger partial charge in [-0.25, -0.2) is 0 Å². The lowest BCUT2D eigenvalue weighted by molar-refractivity contribution is -0.127. The zero-order chi connectivity index (χ0) is 19.1. The van der Waals surface area contributed by atoms with E-state index in [2.05, 4.69) is 46.8 Å². The second-order valence-corrected chi connectivity index (χ2v) is 8.47. The number of aliphatic imine (C=N–C) groups is 1. The number of rotatable bonds is 7. The van der Waals surface area contributed by atoms with E-state index < -0.39 is 0 Å². The average molecular weight is 371 g/mol. The fourth-order valence-electron chi connectivity index (χ4n) is 4.28. The summed E-state index contributed by atoms with van der Waals surface area (Å²) in [6, 6.07) is 10.4. The molecule has 1 amide bonds. The van der Waals surface area contributed by atoms with Crippen molar-refractivity contribution in [3.05, 3.63) is 35.9 Å². The fraction of sp³-hybridized carbons (Fsp3) is 0.636. The van der Waals surface area contributed by atoms with Crippen LogP contribution in [0.2, 0.25) is 0 Å². The third-order valence-electron chi connectivity index (χ3n) is 6.08. The van der Waals surface area contributed by atoms with Gasteiger partial charge in [0.15, 0.2) is 5.96 Å². The summed E-state index contributed by atoms with van der Waals surface area (Å²) in [5, 5.41) is 6.91. The normalized spacial score (nSPS) is 22.3. The molecule has 1 heterocycles. The number of carbonyl (C=O) groups is 1. The highest BCUT2D eigenvalue weighted by atomic mass is 16.2. The summed E-state index contributed by atoms with van der Waals surface area (Å²) in [7, 11) is 1.82. The van der Waals surface area contributed by atoms with Gasteiger partial charge in [-0.3, -0.25) is 9.79 Å². The van der Waals surface area contributed by atoms with Crippen LogP contribution in [0.1, 0.15) is 44.6 Å². The molecule has 27 heavy (non-hydrogen) atoms. The summed E-state index contributed by atoms with van der Waals surface area (Å²) in [6.45, 7) is 5.78. The van der Waals surface area contributed by atoms with Gasteiger partial charge in [0.05, 0.1) is 0 Å². The van der Waals surface area contributed by atoms with Crippen molar-refractivity contribution < 1.29 is 4.79 Å². The van der Waals surface area contributed by atoms with Gasteiger partial charge in [-0.05, 0) is 30.2 Å². The van der Waals surface area contributed by atoms with Gasteiger partial charge in [0.25, 0.3) is 0 Å². The fourth-order valence-corrected chi connectivity index (χ4v) is 4.28. The Balaban J connectivity index is 1.39. The Morgan fingerprint density at radius 2 is 1.96 bits per heavy atom. The molecule has 1 aromatic rings. The Hall–Kier alpha value is -2.04. The summed E-state index contributed by atoms with van der Waals surface area (Å²) < 4.78 is 0. The Labute approximate surface area is 163 Å². The van der Waals surface area contributed by atoms with E-state index in [1.807, 2.05) is 18.0 Å². The number of nitrogens with zero attached hydrogens (tertiary/aromatic N) is 2. The number of carbonyl (C=O) groups excluding carboxylic acids is 1. The van der Waals surface area contributed by atoms with Crippen LogP contribution in [0.4, 0.5) is 0 Å². The van der Waals surface area contributed by atoms with E-state index in [1.165, 1.54) is 31.2 Å². The molecule has 0 aromatic heterocycles. The average Bonchev–Trinajstić information content (AvgIpc) is 3.27. The lowest BCUT2D eigenvalue weighted by atomic mass is 9.89. The molecule has 2 aliphatic rings. The summed E-state index contributed by atoms with van der Waals surface area (Å²) >= 11 is 0. The van der Waals surface area contributed by atoms with Crippen molar-refractivity contribution in [2.45, 2.75) is 45.4 Å². The van der Waals surface area contributed by atoms with Gasteiger partial charge in [-0.1, -0.05) is 50.1 Å². The van der Waals surface area contributed by atoms with Crippen LogP contribution in [-0.2, 0) is 11.2 Å². The van der Waals surface area contributed by atoms with Gasteiger partial charge < -0.3 is 15.5 Å². The first-order valence-corrected chi connectivity index (χ1v) is 10.3. The van der Waals surface area contributed by atoms with Gasteiger partial charge in [0, 0.05) is 45.6 Å². The maximum absolute atomic E-state index is 12.3. The first-order valence-electron chi connectivity index (χ1n) is 10.3. The van der Waals surface area contributed by atoms with E-state index in [-0.39, 0.29) is 5.91 Å². The Bertz CT molecular complexity index is 637. The standard InChI is InChI=1S/C22H34N4O/c1-22(11-6-7-12-22)17-25-21(23-2)24-15-19-14-20(27)26(16-19)13-10-18-8-4-3-5-9-18/h3-5,8-9,19H,6-7,10-17H2,1-2H3,(H2,23,24,25). The molecule has 0 spiro atoms. The molecule has 0 bridgehead atoms. The molecule has 1 saturated heterocycles. The van der Waals surface area contributed by atoms with Crippen molar-refractivity contribution in [3.8, 4) is 0 Å². The van der Waals surface area contributed by atoms with E-state index >= 15 is 0 Å². The van der Waals surface area contributed by atoms with Gasteiger partial charge in [-0.15, -0.1) is 0 Å². The predicted molar refractivity (Wildman–Crippen MR) is 111 cm³/mol. The molecular weight excluding hydrogens is 336 g/mol. The van der Waals surface area contributed by atoms with Crippen LogP contribution in [0, 0.1) is 11.3 Å². The van der Waals surface area contributed by atoms with Crippen LogP contribution in [0.3, 0.4) is 0 Å². The molecule has 1 aliphatic carbocycles. The molecule has 2 N–H and O–H groups in total. The molecule has 2 fully saturated rings. The van der Waals surface area contributed by atoms with Crippen molar-refractivity contribution >= 4 is 11.9 Å². The third kappa shape index (κ3) is 5.72. The highest BCUT2D eigenvalue weighted by molar-refractivity contribution is 5.80. The summed E-state index contributed by atoms with van der Waals surface area (Å²) in [5.41, 5.74) is 1.69. The molecule has 5 heteroatoms. The molecule has 0 radical (unpaired) electrons. The zero-order valence-electron chi connectivity index (χ0n) is 16.8. The van der Waals surface area contributed by atoms with Crippen molar-refractivity contribution in [3.63, 3.8) is 0 Å². The van der Waals surface area contributed by atoms with E-state index in [4.69, 9.17) is 0 Å². The van der Waals surface area contributed by atoms with Gasteiger partial charge >= 0.3 is 0 Å². The van der Waals surface area contributed by atoms with Crippen molar-refractivity contribution in [2.24, 2.45) is 16.3 Å². The molecule has 1 atom stereocenters. The van der Waals surface area contributed by atoms with Crippen LogP contribution < -0.4 is 10.6 Å². The first-order chi connectivity index (χ1) is 13.1. The minimum Gasteiger partial charge on any atom is -0.356 e. The minimum absolute atomic E-state index is 0.277. The molecule has 148 valence electrons. The number of guanidine groups is 1. The maximum Gasteiger partial charge on any atom is 0.223 e. The molecule has 5 nitrogen and oxygen atoms in total. The molecule has 1 aromatic carbocycles. The van der Waals surface area contributed by atoms with Gasteiger partial charge in [0.1, 0.15) is 0 Å². The highest BCUT2D eigenvalue weighted by Crippen LogP contribution is 2.36. The molecule has 1 unspecified atom stereocenters. The summed E-state index contributed by atoms with van der Waals surface area (Å²) in [6.07, 6.45) is 6.83. The third-order valence-corrected chi connectivity index (χ3v) is 6.08. The smallest absolute Gasteiger partial charge is 0.223 e. The Morgan fingerprint density at radius 3 is 2.67 bits per heavy atom. The van der Waals surface area contributed by atoms with E-state index in [1.54, 1.807) is 0 Å². The van der Waals surface area contributed by atoms with Crippen LogP contribution in [0.15, 0.2) is 35.3 Å². The topological polar surface area (TPSA) is 56.7 Å². The van der Waals surface area contributed by atoms with Crippen molar-refractivity contribution in [1.29, 1.82) is 0 Å². The Morgan fingerprint density at radius 1 is 1.22 bits per heavy atom. The second kappa shape index (κ2) is 9.25. The molecule has 1 aliphatic heterocycles. The largest absolute Gasteiger partial charge is 0.356 e. The summed E-state index contributed by atoms with van der Waals surface area (Å²) in [4.78, 5) is 18.7. The number of hydrogen-bond donors (Lipinski definition) is 2. The second-order valence-electron chi connectivity index (χ2n) is 8.47. The SMILES string of the molecule is CN=C(NCC1CC(=O)N(CCc2ccccc2)C1)NCC1(C)CCCC1. The number of amides is 1. The van der Waals surface area contributed by atoms with Crippen LogP contribution >= 0.6 is 0 Å².